The van der Waals surface area contributed by atoms with Crippen molar-refractivity contribution < 1.29 is 4.79 Å². The molecule has 0 bridgehead atoms. The summed E-state index contributed by atoms with van der Waals surface area (Å²) in [4.78, 5) is 24.0. The van der Waals surface area contributed by atoms with E-state index in [1.54, 1.807) is 10.9 Å². The number of Topliss-reactive ketones (excluding diaryl/α,β-unsaturated/α-hetero) is 1. The lowest BCUT2D eigenvalue weighted by Gasteiger charge is -2.16. The number of nitrogen functional groups attached to an aromatic ring is 1. The van der Waals surface area contributed by atoms with Crippen LogP contribution in [-0.4, -0.2) is 25.3 Å². The van der Waals surface area contributed by atoms with E-state index in [0.717, 1.165) is 0 Å². The average Bonchev–Trinajstić information content (AvgIpc) is 2.62. The number of anilines is 1. The molecule has 0 aliphatic carbocycles. The molecule has 90 valence electrons. The third kappa shape index (κ3) is 2.11. The van der Waals surface area contributed by atoms with E-state index >= 15 is 0 Å². The van der Waals surface area contributed by atoms with Crippen LogP contribution in [0.5, 0.6) is 0 Å². The van der Waals surface area contributed by atoms with Crippen molar-refractivity contribution in [2.24, 2.45) is 5.41 Å². The van der Waals surface area contributed by atoms with Crippen molar-refractivity contribution in [2.45, 2.75) is 27.3 Å². The second-order valence-electron chi connectivity index (χ2n) is 4.98. The summed E-state index contributed by atoms with van der Waals surface area (Å²) in [5.74, 6) is 0.450. The maximum atomic E-state index is 11.9. The van der Waals surface area contributed by atoms with E-state index in [9.17, 15) is 4.79 Å². The Hall–Kier alpha value is -1.98. The van der Waals surface area contributed by atoms with Crippen molar-refractivity contribution in [1.82, 2.24) is 19.5 Å². The molecule has 0 saturated carbocycles. The number of ketones is 1. The summed E-state index contributed by atoms with van der Waals surface area (Å²) < 4.78 is 1.70. The summed E-state index contributed by atoms with van der Waals surface area (Å²) in [5, 5.41) is 0. The number of fused-ring (bicyclic) bond motifs is 1. The molecule has 6 nitrogen and oxygen atoms in total. The topological polar surface area (TPSA) is 86.7 Å². The summed E-state index contributed by atoms with van der Waals surface area (Å²) >= 11 is 0. The molecule has 0 amide bonds. The summed E-state index contributed by atoms with van der Waals surface area (Å²) in [5.41, 5.74) is 6.42. The Morgan fingerprint density at radius 3 is 2.71 bits per heavy atom. The highest BCUT2D eigenvalue weighted by atomic mass is 16.1. The first-order chi connectivity index (χ1) is 7.89. The molecule has 2 aromatic heterocycles. The van der Waals surface area contributed by atoms with Gasteiger partial charge in [-0.05, 0) is 0 Å². The van der Waals surface area contributed by atoms with Crippen LogP contribution in [0.4, 0.5) is 5.82 Å². The van der Waals surface area contributed by atoms with E-state index in [4.69, 9.17) is 5.73 Å². The van der Waals surface area contributed by atoms with Gasteiger partial charge in [0.2, 0.25) is 0 Å². The zero-order valence-electron chi connectivity index (χ0n) is 10.1. The molecule has 2 rings (SSSR count). The molecule has 0 radical (unpaired) electrons. The van der Waals surface area contributed by atoms with Crippen LogP contribution in [0.25, 0.3) is 11.2 Å². The van der Waals surface area contributed by atoms with Crippen molar-refractivity contribution in [3.63, 3.8) is 0 Å². The number of carbonyl (C=O) groups excluding carboxylic acids is 1. The predicted molar refractivity (Wildman–Crippen MR) is 64.2 cm³/mol. The number of carbonyl (C=O) groups is 1. The maximum absolute atomic E-state index is 11.9. The lowest BCUT2D eigenvalue weighted by atomic mass is 9.91. The fraction of sp³-hybridized carbons (Fsp3) is 0.455. The molecule has 2 N–H and O–H groups in total. The zero-order chi connectivity index (χ0) is 12.6. The van der Waals surface area contributed by atoms with Gasteiger partial charge in [0.05, 0.1) is 12.9 Å². The second-order valence-corrected chi connectivity index (χ2v) is 4.98. The van der Waals surface area contributed by atoms with Gasteiger partial charge in [0.15, 0.2) is 17.2 Å². The molecule has 0 aromatic carbocycles. The standard InChI is InChI=1S/C11H15N5O/c1-11(2,3)7(17)4-16-6-15-8-9(12)13-5-14-10(8)16/h5-6H,4H2,1-3H3,(H2,12,13,14). The van der Waals surface area contributed by atoms with Crippen LogP contribution < -0.4 is 5.73 Å². The fourth-order valence-corrected chi connectivity index (χ4v) is 1.41. The van der Waals surface area contributed by atoms with Gasteiger partial charge >= 0.3 is 0 Å². The van der Waals surface area contributed by atoms with Crippen LogP contribution in [0.1, 0.15) is 20.8 Å². The molecule has 0 atom stereocenters. The lowest BCUT2D eigenvalue weighted by Crippen LogP contribution is -2.24. The van der Waals surface area contributed by atoms with Gasteiger partial charge in [0.25, 0.3) is 0 Å². The van der Waals surface area contributed by atoms with Gasteiger partial charge < -0.3 is 10.3 Å². The van der Waals surface area contributed by atoms with Gasteiger partial charge in [-0.2, -0.15) is 0 Å². The first-order valence-electron chi connectivity index (χ1n) is 5.34. The third-order valence-electron chi connectivity index (χ3n) is 2.58. The summed E-state index contributed by atoms with van der Waals surface area (Å²) in [7, 11) is 0. The van der Waals surface area contributed by atoms with Crippen molar-refractivity contribution in [2.75, 3.05) is 5.73 Å². The quantitative estimate of drug-likeness (QED) is 0.836. The lowest BCUT2D eigenvalue weighted by molar-refractivity contribution is -0.126. The van der Waals surface area contributed by atoms with Crippen LogP contribution in [0.15, 0.2) is 12.7 Å². The van der Waals surface area contributed by atoms with E-state index in [1.807, 2.05) is 20.8 Å². The monoisotopic (exact) mass is 233 g/mol. The Bertz CT molecular complexity index is 567. The predicted octanol–water partition coefficient (Wildman–Crippen LogP) is 1.02. The minimum Gasteiger partial charge on any atom is -0.382 e. The number of rotatable bonds is 2. The van der Waals surface area contributed by atoms with E-state index in [0.29, 0.717) is 17.0 Å². The van der Waals surface area contributed by atoms with Crippen LogP contribution in [0.2, 0.25) is 0 Å². The molecular weight excluding hydrogens is 218 g/mol. The van der Waals surface area contributed by atoms with E-state index in [2.05, 4.69) is 15.0 Å². The summed E-state index contributed by atoms with van der Waals surface area (Å²) in [6.07, 6.45) is 2.94. The summed E-state index contributed by atoms with van der Waals surface area (Å²) in [6, 6.07) is 0. The number of nitrogens with zero attached hydrogens (tertiary/aromatic N) is 4. The second kappa shape index (κ2) is 3.80. The van der Waals surface area contributed by atoms with Gasteiger partial charge in [0.1, 0.15) is 11.8 Å². The van der Waals surface area contributed by atoms with Gasteiger partial charge in [0, 0.05) is 5.41 Å². The van der Waals surface area contributed by atoms with Crippen molar-refractivity contribution >= 4 is 22.8 Å². The molecule has 0 aliphatic heterocycles. The first kappa shape index (κ1) is 11.5. The molecule has 2 aromatic rings. The van der Waals surface area contributed by atoms with Crippen molar-refractivity contribution in [1.29, 1.82) is 0 Å². The number of imidazole rings is 1. The molecule has 0 unspecified atom stereocenters. The van der Waals surface area contributed by atoms with Crippen molar-refractivity contribution in [3.8, 4) is 0 Å². The minimum atomic E-state index is -0.380. The Labute approximate surface area is 98.9 Å². The highest BCUT2D eigenvalue weighted by Crippen LogP contribution is 2.18. The third-order valence-corrected chi connectivity index (χ3v) is 2.58. The number of hydrogen-bond acceptors (Lipinski definition) is 5. The van der Waals surface area contributed by atoms with Crippen LogP contribution in [0, 0.1) is 5.41 Å². The van der Waals surface area contributed by atoms with Gasteiger partial charge in [-0.1, -0.05) is 20.8 Å². The molecule has 0 spiro atoms. The minimum absolute atomic E-state index is 0.119. The van der Waals surface area contributed by atoms with Crippen LogP contribution in [-0.2, 0) is 11.3 Å². The maximum Gasteiger partial charge on any atom is 0.165 e. The SMILES string of the molecule is CC(C)(C)C(=O)Cn1cnc2c(N)ncnc21. The Balaban J connectivity index is 2.38. The molecule has 6 heteroatoms. The fourth-order valence-electron chi connectivity index (χ4n) is 1.41. The Morgan fingerprint density at radius 2 is 2.06 bits per heavy atom. The Morgan fingerprint density at radius 1 is 1.35 bits per heavy atom. The zero-order valence-corrected chi connectivity index (χ0v) is 10.1. The highest BCUT2D eigenvalue weighted by molar-refractivity contribution is 5.86. The smallest absolute Gasteiger partial charge is 0.165 e. The van der Waals surface area contributed by atoms with E-state index in [1.165, 1.54) is 6.33 Å². The number of aromatic nitrogens is 4. The molecule has 0 aliphatic rings. The molecule has 2 heterocycles. The molecular formula is C11H15N5O. The normalized spacial score (nSPS) is 11.9. The van der Waals surface area contributed by atoms with E-state index < -0.39 is 0 Å². The molecule has 0 saturated heterocycles. The highest BCUT2D eigenvalue weighted by Gasteiger charge is 2.22. The van der Waals surface area contributed by atoms with Gasteiger partial charge in [-0.15, -0.1) is 0 Å². The van der Waals surface area contributed by atoms with Gasteiger partial charge in [-0.3, -0.25) is 4.79 Å². The first-order valence-corrected chi connectivity index (χ1v) is 5.34. The van der Waals surface area contributed by atoms with E-state index in [-0.39, 0.29) is 17.7 Å². The Kier molecular flexibility index (Phi) is 2.57. The number of hydrogen-bond donors (Lipinski definition) is 1. The van der Waals surface area contributed by atoms with Crippen LogP contribution in [0.3, 0.4) is 0 Å². The summed E-state index contributed by atoms with van der Waals surface area (Å²) in [6.45, 7) is 5.91. The number of nitrogens with two attached hydrogens (primary N) is 1. The largest absolute Gasteiger partial charge is 0.382 e. The molecule has 17 heavy (non-hydrogen) atoms. The van der Waals surface area contributed by atoms with Crippen LogP contribution >= 0.6 is 0 Å². The average molecular weight is 233 g/mol. The van der Waals surface area contributed by atoms with Gasteiger partial charge in [-0.25, -0.2) is 15.0 Å². The molecule has 0 fully saturated rings. The van der Waals surface area contributed by atoms with Crippen molar-refractivity contribution in [3.05, 3.63) is 12.7 Å².